The van der Waals surface area contributed by atoms with Gasteiger partial charge in [0.15, 0.2) is 0 Å². The first-order valence-corrected chi connectivity index (χ1v) is 5.73. The maximum atomic E-state index is 9.55. The summed E-state index contributed by atoms with van der Waals surface area (Å²) in [6.07, 6.45) is 1.92. The number of aliphatic hydroxyl groups excluding tert-OH is 1. The average Bonchev–Trinajstić information content (AvgIpc) is 2.47. The van der Waals surface area contributed by atoms with Crippen LogP contribution in [0.4, 0.5) is 0 Å². The topological polar surface area (TPSA) is 35.5 Å². The van der Waals surface area contributed by atoms with Crippen LogP contribution < -0.4 is 5.32 Å². The third-order valence-electron chi connectivity index (χ3n) is 2.37. The summed E-state index contributed by atoms with van der Waals surface area (Å²) in [6.45, 7) is 2.73. The van der Waals surface area contributed by atoms with Crippen molar-refractivity contribution < 1.29 is 5.11 Å². The Morgan fingerprint density at radius 1 is 1.58 bits per heavy atom. The number of nitrogens with zero attached hydrogens (tertiary/aromatic N) is 1. The van der Waals surface area contributed by atoms with E-state index in [9.17, 15) is 5.11 Å². The maximum absolute atomic E-state index is 9.55. The minimum Gasteiger partial charge on any atom is -0.390 e. The van der Waals surface area contributed by atoms with Gasteiger partial charge in [-0.25, -0.2) is 0 Å². The second-order valence-corrected chi connectivity index (χ2v) is 4.25. The first-order chi connectivity index (χ1) is 5.75. The Kier molecular flexibility index (Phi) is 4.35. The predicted molar refractivity (Wildman–Crippen MR) is 53.7 cm³/mol. The van der Waals surface area contributed by atoms with E-state index in [1.807, 2.05) is 11.8 Å². The van der Waals surface area contributed by atoms with Gasteiger partial charge in [0, 0.05) is 31.4 Å². The molecule has 0 aliphatic carbocycles. The van der Waals surface area contributed by atoms with E-state index in [0.717, 1.165) is 25.4 Å². The second kappa shape index (κ2) is 5.07. The summed E-state index contributed by atoms with van der Waals surface area (Å²) in [5.74, 6) is 1.14. The third kappa shape index (κ3) is 2.62. The molecular formula is C8H18N2OS. The minimum atomic E-state index is -0.183. The van der Waals surface area contributed by atoms with Crippen molar-refractivity contribution >= 4 is 11.8 Å². The first-order valence-electron chi connectivity index (χ1n) is 4.33. The van der Waals surface area contributed by atoms with Gasteiger partial charge in [-0.15, -0.1) is 0 Å². The summed E-state index contributed by atoms with van der Waals surface area (Å²) in [5, 5.41) is 12.7. The molecule has 2 atom stereocenters. The lowest BCUT2D eigenvalue weighted by molar-refractivity contribution is 0.103. The van der Waals surface area contributed by atoms with Gasteiger partial charge in [0.25, 0.3) is 0 Å². The standard InChI is InChI=1S/C8H18N2OS/c1-10(3-4-12-2)7-5-9-6-8(7)11/h7-9,11H,3-6H2,1-2H3. The van der Waals surface area contributed by atoms with Crippen molar-refractivity contribution in [3.05, 3.63) is 0 Å². The summed E-state index contributed by atoms with van der Waals surface area (Å²) in [5.41, 5.74) is 0. The fourth-order valence-corrected chi connectivity index (χ4v) is 1.97. The highest BCUT2D eigenvalue weighted by Crippen LogP contribution is 2.07. The molecule has 0 radical (unpaired) electrons. The van der Waals surface area contributed by atoms with Crippen LogP contribution in [-0.4, -0.2) is 60.8 Å². The number of likely N-dealkylation sites (N-methyl/N-ethyl adjacent to an activating group) is 1. The van der Waals surface area contributed by atoms with Crippen LogP contribution in [0.15, 0.2) is 0 Å². The lowest BCUT2D eigenvalue weighted by Crippen LogP contribution is -2.41. The van der Waals surface area contributed by atoms with Crippen LogP contribution in [0, 0.1) is 0 Å². The van der Waals surface area contributed by atoms with Crippen molar-refractivity contribution in [1.82, 2.24) is 10.2 Å². The van der Waals surface area contributed by atoms with Crippen LogP contribution in [0.5, 0.6) is 0 Å². The predicted octanol–water partition coefficient (Wildman–Crippen LogP) is -0.386. The molecule has 1 fully saturated rings. The highest BCUT2D eigenvalue weighted by atomic mass is 32.2. The quantitative estimate of drug-likeness (QED) is 0.633. The molecule has 2 unspecified atom stereocenters. The zero-order chi connectivity index (χ0) is 8.97. The molecule has 12 heavy (non-hydrogen) atoms. The van der Waals surface area contributed by atoms with Crippen LogP contribution in [-0.2, 0) is 0 Å². The second-order valence-electron chi connectivity index (χ2n) is 3.27. The van der Waals surface area contributed by atoms with Crippen molar-refractivity contribution in [2.45, 2.75) is 12.1 Å². The summed E-state index contributed by atoms with van der Waals surface area (Å²) in [4.78, 5) is 2.24. The van der Waals surface area contributed by atoms with E-state index in [-0.39, 0.29) is 6.10 Å². The van der Waals surface area contributed by atoms with Gasteiger partial charge in [-0.05, 0) is 13.3 Å². The molecule has 0 amide bonds. The minimum absolute atomic E-state index is 0.183. The van der Waals surface area contributed by atoms with Crippen LogP contribution in [0.25, 0.3) is 0 Å². The normalized spacial score (nSPS) is 30.0. The number of rotatable bonds is 4. The molecule has 72 valence electrons. The average molecular weight is 190 g/mol. The highest BCUT2D eigenvalue weighted by Gasteiger charge is 2.27. The largest absolute Gasteiger partial charge is 0.390 e. The van der Waals surface area contributed by atoms with Gasteiger partial charge in [0.05, 0.1) is 6.10 Å². The van der Waals surface area contributed by atoms with Gasteiger partial charge >= 0.3 is 0 Å². The van der Waals surface area contributed by atoms with E-state index in [4.69, 9.17) is 0 Å². The van der Waals surface area contributed by atoms with E-state index in [1.54, 1.807) is 0 Å². The van der Waals surface area contributed by atoms with Crippen molar-refractivity contribution in [1.29, 1.82) is 0 Å². The van der Waals surface area contributed by atoms with E-state index < -0.39 is 0 Å². The van der Waals surface area contributed by atoms with Crippen molar-refractivity contribution in [2.24, 2.45) is 0 Å². The van der Waals surface area contributed by atoms with Crippen LogP contribution in [0.3, 0.4) is 0 Å². The fourth-order valence-electron chi connectivity index (χ4n) is 1.50. The molecule has 0 saturated carbocycles. The van der Waals surface area contributed by atoms with E-state index in [1.165, 1.54) is 0 Å². The molecule has 0 spiro atoms. The summed E-state index contributed by atoms with van der Waals surface area (Å²) in [7, 11) is 2.08. The van der Waals surface area contributed by atoms with Crippen molar-refractivity contribution in [3.8, 4) is 0 Å². The molecule has 1 heterocycles. The number of hydrogen-bond acceptors (Lipinski definition) is 4. The van der Waals surface area contributed by atoms with E-state index >= 15 is 0 Å². The Labute approximate surface area is 78.5 Å². The lowest BCUT2D eigenvalue weighted by Gasteiger charge is -2.25. The molecule has 0 aromatic rings. The summed E-state index contributed by atoms with van der Waals surface area (Å²) >= 11 is 1.85. The van der Waals surface area contributed by atoms with Gasteiger partial charge in [-0.2, -0.15) is 11.8 Å². The highest BCUT2D eigenvalue weighted by molar-refractivity contribution is 7.98. The molecule has 1 aliphatic rings. The Morgan fingerprint density at radius 2 is 2.33 bits per heavy atom. The molecule has 0 aromatic carbocycles. The van der Waals surface area contributed by atoms with Crippen LogP contribution in [0.1, 0.15) is 0 Å². The van der Waals surface area contributed by atoms with Crippen LogP contribution in [0.2, 0.25) is 0 Å². The van der Waals surface area contributed by atoms with Gasteiger partial charge in [-0.1, -0.05) is 0 Å². The summed E-state index contributed by atoms with van der Waals surface area (Å²) in [6, 6.07) is 0.317. The summed E-state index contributed by atoms with van der Waals surface area (Å²) < 4.78 is 0. The van der Waals surface area contributed by atoms with Crippen molar-refractivity contribution in [3.63, 3.8) is 0 Å². The Balaban J connectivity index is 2.25. The Bertz CT molecular complexity index is 134. The van der Waals surface area contributed by atoms with E-state index in [2.05, 4.69) is 23.5 Å². The number of hydrogen-bond donors (Lipinski definition) is 2. The Hall–Kier alpha value is 0.230. The molecule has 3 nitrogen and oxygen atoms in total. The number of thioether (sulfide) groups is 1. The third-order valence-corrected chi connectivity index (χ3v) is 2.96. The molecule has 1 aliphatic heterocycles. The first kappa shape index (κ1) is 10.3. The lowest BCUT2D eigenvalue weighted by atomic mass is 10.2. The number of nitrogens with one attached hydrogen (secondary N) is 1. The molecule has 2 N–H and O–H groups in total. The fraction of sp³-hybridized carbons (Fsp3) is 1.00. The molecular weight excluding hydrogens is 172 g/mol. The van der Waals surface area contributed by atoms with Gasteiger partial charge in [0.1, 0.15) is 0 Å². The van der Waals surface area contributed by atoms with Gasteiger partial charge in [0.2, 0.25) is 0 Å². The molecule has 1 saturated heterocycles. The maximum Gasteiger partial charge on any atom is 0.0831 e. The van der Waals surface area contributed by atoms with Crippen molar-refractivity contribution in [2.75, 3.05) is 38.7 Å². The monoisotopic (exact) mass is 190 g/mol. The van der Waals surface area contributed by atoms with Gasteiger partial charge < -0.3 is 10.4 Å². The zero-order valence-electron chi connectivity index (χ0n) is 7.79. The molecule has 4 heteroatoms. The SMILES string of the molecule is CSCCN(C)C1CNCC1O. The molecule has 1 rings (SSSR count). The van der Waals surface area contributed by atoms with Crippen LogP contribution >= 0.6 is 11.8 Å². The van der Waals surface area contributed by atoms with E-state index in [0.29, 0.717) is 6.04 Å². The zero-order valence-corrected chi connectivity index (χ0v) is 8.60. The number of β-amino-alcohol motifs (C(OH)–C–C–N with tert-alkyl or cyclic N) is 1. The number of aliphatic hydroxyl groups is 1. The molecule has 0 aromatic heterocycles. The molecule has 0 bridgehead atoms. The van der Waals surface area contributed by atoms with Gasteiger partial charge in [-0.3, -0.25) is 4.90 Å². The smallest absolute Gasteiger partial charge is 0.0831 e. The Morgan fingerprint density at radius 3 is 2.83 bits per heavy atom.